The fourth-order valence-electron chi connectivity index (χ4n) is 3.06. The van der Waals surface area contributed by atoms with Crippen molar-refractivity contribution in [3.8, 4) is 11.5 Å². The van der Waals surface area contributed by atoms with Crippen LogP contribution in [0.4, 0.5) is 5.69 Å². The molecule has 150 valence electrons. The van der Waals surface area contributed by atoms with Crippen LogP contribution in [0.5, 0.6) is 11.5 Å². The first-order chi connectivity index (χ1) is 14.5. The maximum atomic E-state index is 12.6. The van der Waals surface area contributed by atoms with Crippen LogP contribution in [-0.4, -0.2) is 17.8 Å². The van der Waals surface area contributed by atoms with Crippen molar-refractivity contribution in [1.82, 2.24) is 0 Å². The minimum atomic E-state index is -0.438. The second-order valence-corrected chi connectivity index (χ2v) is 7.64. The highest BCUT2D eigenvalue weighted by Crippen LogP contribution is 2.41. The van der Waals surface area contributed by atoms with Crippen molar-refractivity contribution in [3.63, 3.8) is 0 Å². The zero-order valence-electron chi connectivity index (χ0n) is 16.0. The Bertz CT molecular complexity index is 1150. The molecule has 0 bridgehead atoms. The third-order valence-electron chi connectivity index (χ3n) is 4.60. The molecule has 0 radical (unpaired) electrons. The van der Waals surface area contributed by atoms with Gasteiger partial charge in [0.1, 0.15) is 6.61 Å². The van der Waals surface area contributed by atoms with Crippen molar-refractivity contribution in [2.45, 2.75) is 11.5 Å². The molecule has 0 saturated heterocycles. The Labute approximate surface area is 177 Å². The fourth-order valence-corrected chi connectivity index (χ4v) is 4.11. The van der Waals surface area contributed by atoms with Crippen LogP contribution >= 0.6 is 11.8 Å². The monoisotopic (exact) mass is 419 g/mol. The molecule has 4 rings (SSSR count). The molecule has 1 aliphatic rings. The molecule has 30 heavy (non-hydrogen) atoms. The van der Waals surface area contributed by atoms with Crippen LogP contribution in [0.25, 0.3) is 6.08 Å². The second kappa shape index (κ2) is 8.42. The first kappa shape index (κ1) is 19.7. The average Bonchev–Trinajstić information content (AvgIpc) is 3.08. The smallest absolute Gasteiger partial charge is 0.269 e. The van der Waals surface area contributed by atoms with Crippen LogP contribution in [0.3, 0.4) is 0 Å². The largest absolute Gasteiger partial charge is 0.493 e. The highest BCUT2D eigenvalue weighted by Gasteiger charge is 2.25. The first-order valence-corrected chi connectivity index (χ1v) is 9.94. The van der Waals surface area contributed by atoms with E-state index in [1.54, 1.807) is 25.3 Å². The number of methoxy groups -OCH3 is 1. The lowest BCUT2D eigenvalue weighted by Crippen LogP contribution is -1.98. The summed E-state index contributed by atoms with van der Waals surface area (Å²) in [7, 11) is 1.55. The second-order valence-electron chi connectivity index (χ2n) is 6.56. The van der Waals surface area contributed by atoms with E-state index in [4.69, 9.17) is 9.47 Å². The predicted molar refractivity (Wildman–Crippen MR) is 115 cm³/mol. The van der Waals surface area contributed by atoms with E-state index in [1.165, 1.54) is 23.9 Å². The van der Waals surface area contributed by atoms with Crippen LogP contribution in [0.2, 0.25) is 0 Å². The lowest BCUT2D eigenvalue weighted by atomic mass is 10.1. The molecule has 0 spiro atoms. The van der Waals surface area contributed by atoms with E-state index in [0.29, 0.717) is 16.4 Å². The molecule has 0 fully saturated rings. The molecule has 6 nitrogen and oxygen atoms in total. The summed E-state index contributed by atoms with van der Waals surface area (Å²) in [6.07, 6.45) is 1.84. The Hall–Kier alpha value is -3.58. The molecule has 3 aromatic carbocycles. The van der Waals surface area contributed by atoms with Gasteiger partial charge in [0.05, 0.1) is 16.9 Å². The van der Waals surface area contributed by atoms with Crippen molar-refractivity contribution in [1.29, 1.82) is 0 Å². The van der Waals surface area contributed by atoms with Crippen LogP contribution in [0, 0.1) is 10.1 Å². The minimum absolute atomic E-state index is 0.0214. The maximum Gasteiger partial charge on any atom is 0.269 e. The molecule has 0 aliphatic carbocycles. The molecule has 7 heteroatoms. The molecular formula is C23H17NO5S. The lowest BCUT2D eigenvalue weighted by Gasteiger charge is -2.11. The maximum absolute atomic E-state index is 12.6. The van der Waals surface area contributed by atoms with Gasteiger partial charge in [-0.1, -0.05) is 30.0 Å². The standard InChI is InChI=1S/C23H17NO5S/c1-28-20-12-16(13-22-23(25)18-4-2-3-5-21(18)30-22)8-11-19(20)29-14-15-6-9-17(10-7-15)24(26)27/h2-13H,14H2,1H3. The summed E-state index contributed by atoms with van der Waals surface area (Å²) in [6, 6.07) is 19.2. The number of Topliss-reactive ketones (excluding diaryl/α,β-unsaturated/α-hetero) is 1. The van der Waals surface area contributed by atoms with Gasteiger partial charge in [0, 0.05) is 22.6 Å². The summed E-state index contributed by atoms with van der Waals surface area (Å²) in [4.78, 5) is 24.5. The number of rotatable bonds is 6. The van der Waals surface area contributed by atoms with E-state index in [9.17, 15) is 14.9 Å². The SMILES string of the molecule is COc1cc(C=C2Sc3ccccc3C2=O)ccc1OCc1ccc([N+](=O)[O-])cc1. The van der Waals surface area contributed by atoms with Crippen molar-refractivity contribution in [2.75, 3.05) is 7.11 Å². The van der Waals surface area contributed by atoms with E-state index in [1.807, 2.05) is 42.5 Å². The Morgan fingerprint density at radius 1 is 1.03 bits per heavy atom. The number of non-ortho nitro benzene ring substituents is 1. The van der Waals surface area contributed by atoms with E-state index in [-0.39, 0.29) is 18.1 Å². The number of hydrogen-bond donors (Lipinski definition) is 0. The van der Waals surface area contributed by atoms with Crippen molar-refractivity contribution in [2.24, 2.45) is 0 Å². The van der Waals surface area contributed by atoms with Gasteiger partial charge in [-0.3, -0.25) is 14.9 Å². The molecule has 0 N–H and O–H groups in total. The van der Waals surface area contributed by atoms with E-state index in [0.717, 1.165) is 21.6 Å². The first-order valence-electron chi connectivity index (χ1n) is 9.12. The predicted octanol–water partition coefficient (Wildman–Crippen LogP) is 5.51. The molecule has 0 amide bonds. The number of hydrogen-bond acceptors (Lipinski definition) is 6. The number of nitrogens with zero attached hydrogens (tertiary/aromatic N) is 1. The molecule has 0 aromatic heterocycles. The molecule has 3 aromatic rings. The number of ether oxygens (including phenoxy) is 2. The molecule has 0 saturated carbocycles. The van der Waals surface area contributed by atoms with E-state index >= 15 is 0 Å². The van der Waals surface area contributed by atoms with Gasteiger partial charge in [-0.25, -0.2) is 0 Å². The number of fused-ring (bicyclic) bond motifs is 1. The Morgan fingerprint density at radius 2 is 1.80 bits per heavy atom. The Kier molecular flexibility index (Phi) is 5.54. The van der Waals surface area contributed by atoms with Crippen LogP contribution in [0.1, 0.15) is 21.5 Å². The van der Waals surface area contributed by atoms with Crippen molar-refractivity contribution < 1.29 is 19.2 Å². The summed E-state index contributed by atoms with van der Waals surface area (Å²) < 4.78 is 11.3. The number of nitro groups is 1. The number of benzene rings is 3. The van der Waals surface area contributed by atoms with E-state index in [2.05, 4.69) is 0 Å². The number of carbonyl (C=O) groups excluding carboxylic acids is 1. The zero-order valence-corrected chi connectivity index (χ0v) is 16.8. The zero-order chi connectivity index (χ0) is 21.1. The van der Waals surface area contributed by atoms with Gasteiger partial charge in [0.15, 0.2) is 11.5 Å². The summed E-state index contributed by atoms with van der Waals surface area (Å²) in [6.45, 7) is 0.248. The quantitative estimate of drug-likeness (QED) is 0.298. The van der Waals surface area contributed by atoms with Crippen molar-refractivity contribution in [3.05, 3.63) is 98.4 Å². The number of ketones is 1. The van der Waals surface area contributed by atoms with Crippen LogP contribution in [0.15, 0.2) is 76.5 Å². The minimum Gasteiger partial charge on any atom is -0.493 e. The number of nitro benzene ring substituents is 1. The van der Waals surface area contributed by atoms with Gasteiger partial charge in [0.2, 0.25) is 5.78 Å². The van der Waals surface area contributed by atoms with Crippen LogP contribution in [-0.2, 0) is 6.61 Å². The normalized spacial score (nSPS) is 13.9. The lowest BCUT2D eigenvalue weighted by molar-refractivity contribution is -0.384. The highest BCUT2D eigenvalue weighted by atomic mass is 32.2. The topological polar surface area (TPSA) is 78.7 Å². The summed E-state index contributed by atoms with van der Waals surface area (Å²) >= 11 is 1.46. The number of allylic oxidation sites excluding steroid dienone is 1. The molecule has 1 aliphatic heterocycles. The van der Waals surface area contributed by atoms with Gasteiger partial charge in [-0.05, 0) is 53.6 Å². The third kappa shape index (κ3) is 4.06. The van der Waals surface area contributed by atoms with Gasteiger partial charge >= 0.3 is 0 Å². The molecule has 0 atom stereocenters. The van der Waals surface area contributed by atoms with Crippen molar-refractivity contribution >= 4 is 29.3 Å². The van der Waals surface area contributed by atoms with Crippen LogP contribution < -0.4 is 9.47 Å². The molecular weight excluding hydrogens is 402 g/mol. The molecule has 0 unspecified atom stereocenters. The van der Waals surface area contributed by atoms with Gasteiger partial charge in [-0.15, -0.1) is 0 Å². The average molecular weight is 419 g/mol. The summed E-state index contributed by atoms with van der Waals surface area (Å²) in [5.74, 6) is 1.11. The highest BCUT2D eigenvalue weighted by molar-refractivity contribution is 8.04. The Morgan fingerprint density at radius 3 is 2.50 bits per heavy atom. The van der Waals surface area contributed by atoms with Gasteiger partial charge in [-0.2, -0.15) is 0 Å². The fraction of sp³-hybridized carbons (Fsp3) is 0.0870. The summed E-state index contributed by atoms with van der Waals surface area (Å²) in [5, 5.41) is 10.7. The summed E-state index contributed by atoms with van der Waals surface area (Å²) in [5.41, 5.74) is 2.40. The van der Waals surface area contributed by atoms with Gasteiger partial charge in [0.25, 0.3) is 5.69 Å². The Balaban J connectivity index is 1.49. The number of thioether (sulfide) groups is 1. The number of carbonyl (C=O) groups is 1. The van der Waals surface area contributed by atoms with E-state index < -0.39 is 4.92 Å². The third-order valence-corrected chi connectivity index (χ3v) is 5.70. The molecule has 1 heterocycles. The van der Waals surface area contributed by atoms with Gasteiger partial charge < -0.3 is 9.47 Å².